The first-order chi connectivity index (χ1) is 11.2. The van der Waals surface area contributed by atoms with Gasteiger partial charge in [-0.25, -0.2) is 13.4 Å². The Morgan fingerprint density at radius 2 is 1.96 bits per heavy atom. The molecule has 0 fully saturated rings. The molecule has 0 aliphatic carbocycles. The number of hydrogen-bond acceptors (Lipinski definition) is 4. The molecule has 2 rings (SSSR count). The van der Waals surface area contributed by atoms with Crippen molar-refractivity contribution in [2.24, 2.45) is 0 Å². The molecule has 0 aliphatic heterocycles. The van der Waals surface area contributed by atoms with Crippen LogP contribution in [0.15, 0.2) is 41.6 Å². The van der Waals surface area contributed by atoms with Crippen molar-refractivity contribution in [3.05, 3.63) is 47.5 Å². The molecule has 0 saturated carbocycles. The molecule has 130 valence electrons. The second-order valence-electron chi connectivity index (χ2n) is 4.99. The summed E-state index contributed by atoms with van der Waals surface area (Å²) < 4.78 is 50.5. The van der Waals surface area contributed by atoms with Crippen molar-refractivity contribution in [1.29, 1.82) is 0 Å². The van der Waals surface area contributed by atoms with E-state index in [1.807, 2.05) is 0 Å². The lowest BCUT2D eigenvalue weighted by molar-refractivity contribution is -0.127. The minimum Gasteiger partial charge on any atom is -0.337 e. The number of carbonyl (C=O) groups is 1. The van der Waals surface area contributed by atoms with Crippen molar-refractivity contribution in [1.82, 2.24) is 14.5 Å². The third-order valence-electron chi connectivity index (χ3n) is 3.25. The average molecular weight is 378 g/mol. The van der Waals surface area contributed by atoms with E-state index in [0.29, 0.717) is 9.59 Å². The van der Waals surface area contributed by atoms with Crippen LogP contribution in [0.25, 0.3) is 0 Å². The molecule has 0 atom stereocenters. The summed E-state index contributed by atoms with van der Waals surface area (Å²) in [4.78, 5) is 16.8. The fourth-order valence-corrected chi connectivity index (χ4v) is 3.33. The Labute approximate surface area is 142 Å². The van der Waals surface area contributed by atoms with E-state index < -0.39 is 28.0 Å². The molecule has 0 bridgehead atoms. The van der Waals surface area contributed by atoms with Crippen LogP contribution in [0.2, 0.25) is 5.02 Å². The molecule has 1 aromatic carbocycles. The molecule has 0 radical (unpaired) electrons. The summed E-state index contributed by atoms with van der Waals surface area (Å²) in [6, 6.07) is 5.41. The predicted molar refractivity (Wildman–Crippen MR) is 83.5 cm³/mol. The van der Waals surface area contributed by atoms with Crippen molar-refractivity contribution in [3.63, 3.8) is 0 Å². The summed E-state index contributed by atoms with van der Waals surface area (Å²) in [5.74, 6) is -1.54. The molecule has 2 aromatic rings. The molecule has 0 N–H and O–H groups in total. The number of halogens is 3. The number of carbonyl (C=O) groups excluding carboxylic acids is 1. The molecule has 0 unspecified atom stereocenters. The maximum atomic E-state index is 12.8. The van der Waals surface area contributed by atoms with Crippen LogP contribution >= 0.6 is 11.6 Å². The zero-order valence-electron chi connectivity index (χ0n) is 12.6. The zero-order chi connectivity index (χ0) is 17.9. The van der Waals surface area contributed by atoms with Crippen LogP contribution in [-0.4, -0.2) is 41.6 Å². The van der Waals surface area contributed by atoms with E-state index >= 15 is 0 Å². The summed E-state index contributed by atoms with van der Waals surface area (Å²) in [6.45, 7) is -3.02. The second kappa shape index (κ2) is 7.27. The molecule has 0 spiro atoms. The molecular weight excluding hydrogens is 364 g/mol. The van der Waals surface area contributed by atoms with Crippen LogP contribution in [0.1, 0.15) is 12.4 Å². The van der Waals surface area contributed by atoms with E-state index in [1.54, 1.807) is 0 Å². The Morgan fingerprint density at radius 1 is 1.33 bits per heavy atom. The van der Waals surface area contributed by atoms with Gasteiger partial charge in [-0.2, -0.15) is 8.78 Å². The van der Waals surface area contributed by atoms with E-state index in [0.717, 1.165) is 11.1 Å². The van der Waals surface area contributed by atoms with Crippen LogP contribution < -0.4 is 0 Å². The average Bonchev–Trinajstić information content (AvgIpc) is 2.95. The molecular formula is C14H14ClF2N3O3S. The van der Waals surface area contributed by atoms with Gasteiger partial charge in [0.1, 0.15) is 11.6 Å². The Balaban J connectivity index is 2.08. The Morgan fingerprint density at radius 3 is 2.54 bits per heavy atom. The molecule has 0 aliphatic rings. The highest BCUT2D eigenvalue weighted by Gasteiger charge is 2.23. The van der Waals surface area contributed by atoms with E-state index in [2.05, 4.69) is 4.98 Å². The molecule has 0 saturated heterocycles. The van der Waals surface area contributed by atoms with Crippen molar-refractivity contribution in [3.8, 4) is 0 Å². The monoisotopic (exact) mass is 377 g/mol. The number of hydrogen-bond donors (Lipinski definition) is 0. The quantitative estimate of drug-likeness (QED) is 0.774. The van der Waals surface area contributed by atoms with Gasteiger partial charge >= 0.3 is 6.55 Å². The Kier molecular flexibility index (Phi) is 5.55. The summed E-state index contributed by atoms with van der Waals surface area (Å²) in [7, 11) is -2.53. The van der Waals surface area contributed by atoms with Gasteiger partial charge in [-0.05, 0) is 24.3 Å². The number of amides is 1. The minimum atomic E-state index is -3.85. The van der Waals surface area contributed by atoms with Gasteiger partial charge in [-0.3, -0.25) is 9.36 Å². The smallest absolute Gasteiger partial charge is 0.319 e. The standard InChI is InChI=1S/C14H14ClF2N3O3S/c1-19(8-12-18-6-7-20(12)14(16)17)13(21)9-24(22,23)11-4-2-10(15)3-5-11/h2-7,14H,8-9H2,1H3. The molecule has 6 nitrogen and oxygen atoms in total. The van der Waals surface area contributed by atoms with Crippen LogP contribution in [-0.2, 0) is 21.2 Å². The summed E-state index contributed by atoms with van der Waals surface area (Å²) in [6.07, 6.45) is 2.27. The highest BCUT2D eigenvalue weighted by atomic mass is 35.5. The SMILES string of the molecule is CN(Cc1nccn1C(F)F)C(=O)CS(=O)(=O)c1ccc(Cl)cc1. The van der Waals surface area contributed by atoms with E-state index in [4.69, 9.17) is 11.6 Å². The lowest BCUT2D eigenvalue weighted by atomic mass is 10.4. The fourth-order valence-electron chi connectivity index (χ4n) is 1.94. The topological polar surface area (TPSA) is 72.3 Å². The maximum Gasteiger partial charge on any atom is 0.319 e. The molecule has 24 heavy (non-hydrogen) atoms. The van der Waals surface area contributed by atoms with Gasteiger partial charge in [0.15, 0.2) is 9.84 Å². The summed E-state index contributed by atoms with van der Waals surface area (Å²) in [5, 5.41) is 0.372. The third kappa shape index (κ3) is 4.30. The summed E-state index contributed by atoms with van der Waals surface area (Å²) in [5.41, 5.74) is 0. The lowest BCUT2D eigenvalue weighted by Crippen LogP contribution is -2.33. The molecule has 1 aromatic heterocycles. The Hall–Kier alpha value is -2.00. The summed E-state index contributed by atoms with van der Waals surface area (Å²) >= 11 is 5.70. The number of nitrogens with zero attached hydrogens (tertiary/aromatic N) is 3. The number of benzene rings is 1. The van der Waals surface area contributed by atoms with Gasteiger partial charge in [0, 0.05) is 24.5 Å². The van der Waals surface area contributed by atoms with Crippen LogP contribution in [0.3, 0.4) is 0 Å². The van der Waals surface area contributed by atoms with Crippen molar-refractivity contribution in [2.75, 3.05) is 12.8 Å². The normalized spacial score (nSPS) is 11.7. The maximum absolute atomic E-state index is 12.8. The van der Waals surface area contributed by atoms with Gasteiger partial charge < -0.3 is 4.90 Å². The van der Waals surface area contributed by atoms with Crippen LogP contribution in [0.4, 0.5) is 8.78 Å². The first-order valence-corrected chi connectivity index (χ1v) is 8.76. The van der Waals surface area contributed by atoms with Gasteiger partial charge in [0.2, 0.25) is 5.91 Å². The minimum absolute atomic E-state index is 0.0373. The highest BCUT2D eigenvalue weighted by molar-refractivity contribution is 7.92. The third-order valence-corrected chi connectivity index (χ3v) is 5.12. The van der Waals surface area contributed by atoms with Crippen molar-refractivity contribution in [2.45, 2.75) is 18.0 Å². The highest BCUT2D eigenvalue weighted by Crippen LogP contribution is 2.17. The molecule has 1 amide bonds. The lowest BCUT2D eigenvalue weighted by Gasteiger charge is -2.17. The predicted octanol–water partition coefficient (Wildman–Crippen LogP) is 2.36. The van der Waals surface area contributed by atoms with Gasteiger partial charge in [-0.15, -0.1) is 0 Å². The van der Waals surface area contributed by atoms with Crippen LogP contribution in [0, 0.1) is 0 Å². The van der Waals surface area contributed by atoms with Crippen LogP contribution in [0.5, 0.6) is 0 Å². The fraction of sp³-hybridized carbons (Fsp3) is 0.286. The number of sulfone groups is 1. The Bertz CT molecular complexity index is 822. The molecule has 10 heteroatoms. The van der Waals surface area contributed by atoms with Gasteiger partial charge in [0.05, 0.1) is 11.4 Å². The second-order valence-corrected chi connectivity index (χ2v) is 7.42. The number of alkyl halides is 2. The van der Waals surface area contributed by atoms with Gasteiger partial charge in [-0.1, -0.05) is 11.6 Å². The van der Waals surface area contributed by atoms with Crippen molar-refractivity contribution >= 4 is 27.3 Å². The van der Waals surface area contributed by atoms with Gasteiger partial charge in [0.25, 0.3) is 0 Å². The van der Waals surface area contributed by atoms with E-state index in [-0.39, 0.29) is 17.3 Å². The van der Waals surface area contributed by atoms with E-state index in [9.17, 15) is 22.0 Å². The van der Waals surface area contributed by atoms with Crippen molar-refractivity contribution < 1.29 is 22.0 Å². The number of imidazole rings is 1. The number of aromatic nitrogens is 2. The zero-order valence-corrected chi connectivity index (χ0v) is 14.1. The van der Waals surface area contributed by atoms with E-state index in [1.165, 1.54) is 37.5 Å². The molecule has 1 heterocycles. The first kappa shape index (κ1) is 18.3. The first-order valence-electron chi connectivity index (χ1n) is 6.73. The largest absolute Gasteiger partial charge is 0.337 e. The number of rotatable bonds is 6.